The number of hydrogen-bond donors (Lipinski definition) is 1. The summed E-state index contributed by atoms with van der Waals surface area (Å²) in [7, 11) is 1.54. The molecule has 8 heteroatoms. The van der Waals surface area contributed by atoms with E-state index in [1.165, 1.54) is 23.3 Å². The Kier molecular flexibility index (Phi) is 6.34. The van der Waals surface area contributed by atoms with E-state index in [0.717, 1.165) is 5.01 Å². The maximum absolute atomic E-state index is 13.3. The average Bonchev–Trinajstić information content (AvgIpc) is 3.17. The second-order valence-corrected chi connectivity index (χ2v) is 7.84. The van der Waals surface area contributed by atoms with Crippen LogP contribution in [0.1, 0.15) is 38.9 Å². The second kappa shape index (κ2) is 8.75. The van der Waals surface area contributed by atoms with Gasteiger partial charge in [0.05, 0.1) is 40.4 Å². The molecular weight excluding hydrogens is 392 g/mol. The van der Waals surface area contributed by atoms with E-state index >= 15 is 0 Å². The van der Waals surface area contributed by atoms with E-state index in [2.05, 4.69) is 4.98 Å². The third-order valence-corrected chi connectivity index (χ3v) is 5.77. The van der Waals surface area contributed by atoms with Crippen molar-refractivity contribution in [1.29, 1.82) is 0 Å². The van der Waals surface area contributed by atoms with Crippen LogP contribution in [0.5, 0.6) is 5.75 Å². The minimum atomic E-state index is -0.706. The van der Waals surface area contributed by atoms with Crippen LogP contribution < -0.4 is 4.74 Å². The lowest BCUT2D eigenvalue weighted by atomic mass is 9.95. The van der Waals surface area contributed by atoms with Crippen molar-refractivity contribution in [3.8, 4) is 5.75 Å². The maximum atomic E-state index is 13.3. The summed E-state index contributed by atoms with van der Waals surface area (Å²) in [5.74, 6) is -0.782. The van der Waals surface area contributed by atoms with E-state index in [1.54, 1.807) is 31.2 Å². The molecule has 1 unspecified atom stereocenters. The molecule has 29 heavy (non-hydrogen) atoms. The van der Waals surface area contributed by atoms with Crippen LogP contribution >= 0.6 is 11.3 Å². The van der Waals surface area contributed by atoms with Crippen LogP contribution in [0.4, 0.5) is 0 Å². The third kappa shape index (κ3) is 4.04. The van der Waals surface area contributed by atoms with Crippen molar-refractivity contribution >= 4 is 23.0 Å². The molecule has 1 aromatic carbocycles. The smallest absolute Gasteiger partial charge is 0.290 e. The van der Waals surface area contributed by atoms with Crippen molar-refractivity contribution in [1.82, 2.24) is 9.88 Å². The first-order chi connectivity index (χ1) is 13.9. The Morgan fingerprint density at radius 3 is 2.52 bits per heavy atom. The Morgan fingerprint density at radius 1 is 1.28 bits per heavy atom. The Hall–Kier alpha value is -2.71. The summed E-state index contributed by atoms with van der Waals surface area (Å²) < 4.78 is 10.6. The number of ether oxygens (including phenoxy) is 2. The van der Waals surface area contributed by atoms with Crippen molar-refractivity contribution in [3.05, 3.63) is 56.7 Å². The van der Waals surface area contributed by atoms with Crippen LogP contribution in [0.3, 0.4) is 0 Å². The summed E-state index contributed by atoms with van der Waals surface area (Å²) >= 11 is 1.26. The van der Waals surface area contributed by atoms with Crippen LogP contribution in [-0.2, 0) is 9.53 Å². The fourth-order valence-electron chi connectivity index (χ4n) is 3.43. The number of rotatable bonds is 8. The quantitative estimate of drug-likeness (QED) is 0.664. The molecule has 7 nitrogen and oxygen atoms in total. The minimum Gasteiger partial charge on any atom is -0.503 e. The number of aromatic nitrogens is 1. The van der Waals surface area contributed by atoms with E-state index in [-0.39, 0.29) is 24.5 Å². The standard InChI is InChI=1S/C21H24N2O5S/c1-5-28-15-8-6-14(7-9-15)17-16(18(24)20-12(2)22-13(3)29-20)19(25)21(26)23(17)10-11-27-4/h6-9,17,25H,5,10-11H2,1-4H3. The molecule has 0 bridgehead atoms. The molecule has 1 aromatic heterocycles. The van der Waals surface area contributed by atoms with Crippen molar-refractivity contribution in [2.75, 3.05) is 26.9 Å². The van der Waals surface area contributed by atoms with Crippen molar-refractivity contribution in [2.45, 2.75) is 26.8 Å². The molecule has 0 radical (unpaired) electrons. The van der Waals surface area contributed by atoms with Gasteiger partial charge >= 0.3 is 0 Å². The zero-order chi connectivity index (χ0) is 21.1. The fraction of sp³-hybridized carbons (Fsp3) is 0.381. The lowest BCUT2D eigenvalue weighted by Crippen LogP contribution is -2.34. The number of ketones is 1. The van der Waals surface area contributed by atoms with Crippen LogP contribution in [0, 0.1) is 13.8 Å². The molecule has 0 saturated carbocycles. The lowest BCUT2D eigenvalue weighted by Gasteiger charge is -2.26. The van der Waals surface area contributed by atoms with Gasteiger partial charge in [0.25, 0.3) is 5.91 Å². The first kappa shape index (κ1) is 21.0. The molecule has 0 spiro atoms. The number of Topliss-reactive ketones (excluding diaryl/α,β-unsaturated/α-hetero) is 1. The number of aliphatic hydroxyl groups is 1. The number of aliphatic hydroxyl groups excluding tert-OH is 1. The van der Waals surface area contributed by atoms with Crippen molar-refractivity contribution in [3.63, 3.8) is 0 Å². The van der Waals surface area contributed by atoms with Gasteiger partial charge in [-0.1, -0.05) is 12.1 Å². The number of nitrogens with zero attached hydrogens (tertiary/aromatic N) is 2. The number of methoxy groups -OCH3 is 1. The Labute approximate surface area is 173 Å². The van der Waals surface area contributed by atoms with Gasteiger partial charge in [0.15, 0.2) is 5.76 Å². The number of thiazole rings is 1. The summed E-state index contributed by atoms with van der Waals surface area (Å²) in [6.07, 6.45) is 0. The number of carbonyl (C=O) groups is 2. The highest BCUT2D eigenvalue weighted by Crippen LogP contribution is 2.40. The first-order valence-corrected chi connectivity index (χ1v) is 10.1. The molecule has 1 aliphatic rings. The van der Waals surface area contributed by atoms with E-state index in [9.17, 15) is 14.7 Å². The zero-order valence-corrected chi connectivity index (χ0v) is 17.7. The van der Waals surface area contributed by atoms with Crippen LogP contribution in [-0.4, -0.2) is 53.5 Å². The number of hydrogen-bond acceptors (Lipinski definition) is 7. The van der Waals surface area contributed by atoms with Crippen LogP contribution in [0.25, 0.3) is 0 Å². The maximum Gasteiger partial charge on any atom is 0.290 e. The monoisotopic (exact) mass is 416 g/mol. The van der Waals surface area contributed by atoms with Crippen molar-refractivity contribution < 1.29 is 24.2 Å². The van der Waals surface area contributed by atoms with Crippen LogP contribution in [0.2, 0.25) is 0 Å². The normalized spacial score (nSPS) is 16.6. The molecule has 1 aliphatic heterocycles. The first-order valence-electron chi connectivity index (χ1n) is 9.33. The molecule has 0 saturated heterocycles. The van der Waals surface area contributed by atoms with Gasteiger partial charge < -0.3 is 19.5 Å². The summed E-state index contributed by atoms with van der Waals surface area (Å²) in [6, 6.07) is 6.48. The van der Waals surface area contributed by atoms with Gasteiger partial charge in [0, 0.05) is 13.7 Å². The van der Waals surface area contributed by atoms with Gasteiger partial charge in [-0.2, -0.15) is 0 Å². The highest BCUT2D eigenvalue weighted by Gasteiger charge is 2.44. The molecule has 2 aromatic rings. The predicted octanol–water partition coefficient (Wildman–Crippen LogP) is 3.38. The Balaban J connectivity index is 2.06. The minimum absolute atomic E-state index is 0.0713. The van der Waals surface area contributed by atoms with E-state index < -0.39 is 17.7 Å². The highest BCUT2D eigenvalue weighted by molar-refractivity contribution is 7.14. The third-order valence-electron chi connectivity index (χ3n) is 4.70. The average molecular weight is 416 g/mol. The Bertz CT molecular complexity index is 948. The topological polar surface area (TPSA) is 89.0 Å². The molecule has 3 rings (SSSR count). The lowest BCUT2D eigenvalue weighted by molar-refractivity contribution is -0.130. The van der Waals surface area contributed by atoms with Gasteiger partial charge in [-0.15, -0.1) is 11.3 Å². The summed E-state index contributed by atoms with van der Waals surface area (Å²) in [5, 5.41) is 11.4. The van der Waals surface area contributed by atoms with E-state index in [4.69, 9.17) is 9.47 Å². The molecule has 1 amide bonds. The number of carbonyl (C=O) groups excluding carboxylic acids is 2. The van der Waals surface area contributed by atoms with Gasteiger partial charge in [-0.25, -0.2) is 4.98 Å². The number of benzene rings is 1. The molecule has 1 N–H and O–H groups in total. The van der Waals surface area contributed by atoms with Gasteiger partial charge in [0.1, 0.15) is 5.75 Å². The van der Waals surface area contributed by atoms with E-state index in [1.807, 2.05) is 13.8 Å². The van der Waals surface area contributed by atoms with E-state index in [0.29, 0.717) is 28.5 Å². The van der Waals surface area contributed by atoms with Crippen molar-refractivity contribution in [2.24, 2.45) is 0 Å². The molecule has 0 fully saturated rings. The molecule has 0 aliphatic carbocycles. The molecule has 1 atom stereocenters. The molecular formula is C21H24N2O5S. The second-order valence-electron chi connectivity index (χ2n) is 6.63. The van der Waals surface area contributed by atoms with Gasteiger partial charge in [-0.3, -0.25) is 9.59 Å². The van der Waals surface area contributed by atoms with Crippen LogP contribution in [0.15, 0.2) is 35.6 Å². The van der Waals surface area contributed by atoms with Gasteiger partial charge in [0.2, 0.25) is 5.78 Å². The predicted molar refractivity (Wildman–Crippen MR) is 110 cm³/mol. The summed E-state index contributed by atoms with van der Waals surface area (Å²) in [4.78, 5) is 32.3. The SMILES string of the molecule is CCOc1ccc(C2C(C(=O)c3sc(C)nc3C)=C(O)C(=O)N2CCOC)cc1. The molecule has 2 heterocycles. The Morgan fingerprint density at radius 2 is 1.97 bits per heavy atom. The molecule has 154 valence electrons. The number of aryl methyl sites for hydroxylation is 2. The largest absolute Gasteiger partial charge is 0.503 e. The summed E-state index contributed by atoms with van der Waals surface area (Å²) in [6.45, 7) is 6.53. The number of amides is 1. The zero-order valence-electron chi connectivity index (χ0n) is 16.9. The highest BCUT2D eigenvalue weighted by atomic mass is 32.1. The fourth-order valence-corrected chi connectivity index (χ4v) is 4.30. The van der Waals surface area contributed by atoms with Gasteiger partial charge in [-0.05, 0) is 38.5 Å². The summed E-state index contributed by atoms with van der Waals surface area (Å²) in [5.41, 5.74) is 1.37.